The Labute approximate surface area is 166 Å². The maximum Gasteiger partial charge on any atom is 0.294 e. The predicted octanol–water partition coefficient (Wildman–Crippen LogP) is 3.96. The van der Waals surface area contributed by atoms with Gasteiger partial charge in [0.15, 0.2) is 16.4 Å². The fraction of sp³-hybridized carbons (Fsp3) is 0.286. The standard InChI is InChI=1S/C21H20N4O2S/c26-20-18-19(28-21(22-18)24-11-4-5-12-24)17(16-9-6-14-27-16)23-25(20)13-10-15-7-2-1-3-8-15/h1-3,6-9,14H,4-5,10-13H2. The third-order valence-electron chi connectivity index (χ3n) is 5.07. The van der Waals surface area contributed by atoms with Crippen LogP contribution in [0.1, 0.15) is 18.4 Å². The Kier molecular flexibility index (Phi) is 4.44. The van der Waals surface area contributed by atoms with Crippen molar-refractivity contribution in [2.24, 2.45) is 0 Å². The maximum absolute atomic E-state index is 13.1. The molecule has 28 heavy (non-hydrogen) atoms. The summed E-state index contributed by atoms with van der Waals surface area (Å²) < 4.78 is 7.94. The van der Waals surface area contributed by atoms with Crippen LogP contribution in [0.2, 0.25) is 0 Å². The van der Waals surface area contributed by atoms with Gasteiger partial charge in [0.2, 0.25) is 0 Å². The van der Waals surface area contributed by atoms with Gasteiger partial charge in [0, 0.05) is 19.6 Å². The zero-order valence-electron chi connectivity index (χ0n) is 15.4. The number of hydrogen-bond donors (Lipinski definition) is 0. The van der Waals surface area contributed by atoms with E-state index in [1.54, 1.807) is 6.26 Å². The molecule has 1 aromatic carbocycles. The van der Waals surface area contributed by atoms with E-state index in [1.807, 2.05) is 30.3 Å². The summed E-state index contributed by atoms with van der Waals surface area (Å²) >= 11 is 1.54. The average Bonchev–Trinajstić information content (AvgIpc) is 3.49. The molecule has 0 saturated carbocycles. The molecule has 0 amide bonds. The molecule has 0 N–H and O–H groups in total. The zero-order valence-corrected chi connectivity index (χ0v) is 16.2. The van der Waals surface area contributed by atoms with Crippen LogP contribution in [0, 0.1) is 0 Å². The van der Waals surface area contributed by atoms with Gasteiger partial charge in [0.1, 0.15) is 5.69 Å². The lowest BCUT2D eigenvalue weighted by Crippen LogP contribution is -2.25. The molecule has 1 aliphatic heterocycles. The van der Waals surface area contributed by atoms with Crippen molar-refractivity contribution in [2.45, 2.75) is 25.8 Å². The number of fused-ring (bicyclic) bond motifs is 1. The summed E-state index contributed by atoms with van der Waals surface area (Å²) in [7, 11) is 0. The van der Waals surface area contributed by atoms with Crippen molar-refractivity contribution in [3.63, 3.8) is 0 Å². The van der Waals surface area contributed by atoms with E-state index in [9.17, 15) is 4.79 Å². The van der Waals surface area contributed by atoms with Gasteiger partial charge in [-0.3, -0.25) is 4.79 Å². The molecule has 1 saturated heterocycles. The highest BCUT2D eigenvalue weighted by Crippen LogP contribution is 2.35. The van der Waals surface area contributed by atoms with Crippen LogP contribution < -0.4 is 10.5 Å². The zero-order chi connectivity index (χ0) is 18.9. The number of hydrogen-bond acceptors (Lipinski definition) is 6. The molecule has 4 heterocycles. The Balaban J connectivity index is 1.60. The monoisotopic (exact) mass is 392 g/mol. The summed E-state index contributed by atoms with van der Waals surface area (Å²) in [5, 5.41) is 5.56. The van der Waals surface area contributed by atoms with Gasteiger partial charge in [-0.1, -0.05) is 41.7 Å². The van der Waals surface area contributed by atoms with Crippen LogP contribution >= 0.6 is 11.3 Å². The van der Waals surface area contributed by atoms with Gasteiger partial charge in [0.05, 0.1) is 11.0 Å². The molecule has 6 nitrogen and oxygen atoms in total. The van der Waals surface area contributed by atoms with Gasteiger partial charge < -0.3 is 9.32 Å². The molecule has 7 heteroatoms. The number of nitrogens with zero attached hydrogens (tertiary/aromatic N) is 4. The van der Waals surface area contributed by atoms with E-state index < -0.39 is 0 Å². The number of benzene rings is 1. The molecule has 5 rings (SSSR count). The number of aryl methyl sites for hydroxylation is 2. The van der Waals surface area contributed by atoms with E-state index in [2.05, 4.69) is 22.1 Å². The van der Waals surface area contributed by atoms with Gasteiger partial charge in [0.25, 0.3) is 5.56 Å². The molecule has 1 fully saturated rings. The summed E-state index contributed by atoms with van der Waals surface area (Å²) in [6.07, 6.45) is 4.70. The first-order valence-corrected chi connectivity index (χ1v) is 10.4. The van der Waals surface area contributed by atoms with Crippen molar-refractivity contribution in [1.29, 1.82) is 0 Å². The summed E-state index contributed by atoms with van der Waals surface area (Å²) in [4.78, 5) is 20.1. The van der Waals surface area contributed by atoms with Crippen molar-refractivity contribution in [2.75, 3.05) is 18.0 Å². The first-order chi connectivity index (χ1) is 13.8. The minimum Gasteiger partial charge on any atom is -0.463 e. The molecule has 142 valence electrons. The quantitative estimate of drug-likeness (QED) is 0.514. The lowest BCUT2D eigenvalue weighted by Gasteiger charge is -2.11. The van der Waals surface area contributed by atoms with Gasteiger partial charge in [-0.15, -0.1) is 0 Å². The first-order valence-electron chi connectivity index (χ1n) is 9.54. The van der Waals surface area contributed by atoms with Crippen LogP contribution in [0.4, 0.5) is 5.13 Å². The minimum absolute atomic E-state index is 0.136. The molecule has 0 spiro atoms. The smallest absolute Gasteiger partial charge is 0.294 e. The average molecular weight is 392 g/mol. The second-order valence-electron chi connectivity index (χ2n) is 6.96. The third kappa shape index (κ3) is 3.11. The van der Waals surface area contributed by atoms with Gasteiger partial charge in [-0.2, -0.15) is 5.10 Å². The molecule has 0 bridgehead atoms. The number of aromatic nitrogens is 3. The Morgan fingerprint density at radius 1 is 1.07 bits per heavy atom. The van der Waals surface area contributed by atoms with Gasteiger partial charge >= 0.3 is 0 Å². The Morgan fingerprint density at radius 3 is 2.64 bits per heavy atom. The molecular formula is C21H20N4O2S. The summed E-state index contributed by atoms with van der Waals surface area (Å²) in [5.74, 6) is 0.662. The Morgan fingerprint density at radius 2 is 1.89 bits per heavy atom. The van der Waals surface area contributed by atoms with Crippen LogP contribution in [0.3, 0.4) is 0 Å². The van der Waals surface area contributed by atoms with E-state index in [1.165, 1.54) is 34.4 Å². The molecule has 1 aliphatic rings. The van der Waals surface area contributed by atoms with Crippen LogP contribution in [-0.4, -0.2) is 27.9 Å². The summed E-state index contributed by atoms with van der Waals surface area (Å²) in [6, 6.07) is 13.8. The fourth-order valence-corrected chi connectivity index (χ4v) is 4.70. The Hall–Kier alpha value is -2.93. The second-order valence-corrected chi connectivity index (χ2v) is 7.94. The SMILES string of the molecule is O=c1c2nc(N3CCCC3)sc2c(-c2ccco2)nn1CCc1ccccc1. The van der Waals surface area contributed by atoms with Crippen LogP contribution in [0.5, 0.6) is 0 Å². The summed E-state index contributed by atoms with van der Waals surface area (Å²) in [5.41, 5.74) is 2.21. The molecule has 4 aromatic rings. The number of anilines is 1. The molecular weight excluding hydrogens is 372 g/mol. The normalized spacial score (nSPS) is 14.2. The number of rotatable bonds is 5. The first kappa shape index (κ1) is 17.2. The molecule has 0 unspecified atom stereocenters. The van der Waals surface area contributed by atoms with Crippen molar-refractivity contribution < 1.29 is 4.42 Å². The summed E-state index contributed by atoms with van der Waals surface area (Å²) in [6.45, 7) is 2.49. The Bertz CT molecular complexity index is 1140. The predicted molar refractivity (Wildman–Crippen MR) is 111 cm³/mol. The van der Waals surface area contributed by atoms with E-state index >= 15 is 0 Å². The lowest BCUT2D eigenvalue weighted by atomic mass is 10.1. The van der Waals surface area contributed by atoms with Crippen molar-refractivity contribution in [3.8, 4) is 11.5 Å². The fourth-order valence-electron chi connectivity index (χ4n) is 3.60. The third-order valence-corrected chi connectivity index (χ3v) is 6.20. The number of furan rings is 1. The largest absolute Gasteiger partial charge is 0.463 e. The molecule has 0 radical (unpaired) electrons. The van der Waals surface area contributed by atoms with Crippen LogP contribution in [-0.2, 0) is 13.0 Å². The van der Waals surface area contributed by atoms with E-state index in [4.69, 9.17) is 9.40 Å². The van der Waals surface area contributed by atoms with E-state index in [0.717, 1.165) is 29.3 Å². The molecule has 0 atom stereocenters. The highest BCUT2D eigenvalue weighted by atomic mass is 32.1. The molecule has 3 aromatic heterocycles. The van der Waals surface area contributed by atoms with Gasteiger partial charge in [-0.05, 0) is 37.0 Å². The van der Waals surface area contributed by atoms with Crippen molar-refractivity contribution >= 4 is 26.7 Å². The van der Waals surface area contributed by atoms with Crippen LogP contribution in [0.15, 0.2) is 57.9 Å². The second kappa shape index (κ2) is 7.24. The topological polar surface area (TPSA) is 64.2 Å². The highest BCUT2D eigenvalue weighted by Gasteiger charge is 2.22. The molecule has 0 aliphatic carbocycles. The van der Waals surface area contributed by atoms with Crippen LogP contribution in [0.25, 0.3) is 21.7 Å². The number of thiazole rings is 1. The minimum atomic E-state index is -0.136. The van der Waals surface area contributed by atoms with E-state index in [0.29, 0.717) is 23.5 Å². The van der Waals surface area contributed by atoms with Crippen molar-refractivity contribution in [3.05, 3.63) is 64.6 Å². The van der Waals surface area contributed by atoms with E-state index in [-0.39, 0.29) is 5.56 Å². The van der Waals surface area contributed by atoms with Crippen molar-refractivity contribution in [1.82, 2.24) is 14.8 Å². The lowest BCUT2D eigenvalue weighted by molar-refractivity contribution is 0.558. The maximum atomic E-state index is 13.1. The highest BCUT2D eigenvalue weighted by molar-refractivity contribution is 7.22. The van der Waals surface area contributed by atoms with Gasteiger partial charge in [-0.25, -0.2) is 9.67 Å².